The van der Waals surface area contributed by atoms with E-state index >= 15 is 0 Å². The number of hydrogen-bond donors (Lipinski definition) is 1. The molecule has 0 radical (unpaired) electrons. The van der Waals surface area contributed by atoms with Crippen molar-refractivity contribution in [2.75, 3.05) is 31.6 Å². The molecule has 9 heteroatoms. The Bertz CT molecular complexity index is 1360. The molecule has 0 saturated carbocycles. The predicted molar refractivity (Wildman–Crippen MR) is 133 cm³/mol. The largest absolute Gasteiger partial charge is 0.378 e. The number of amides is 2. The Morgan fingerprint density at radius 2 is 1.74 bits per heavy atom. The second-order valence-electron chi connectivity index (χ2n) is 8.11. The van der Waals surface area contributed by atoms with E-state index in [1.807, 2.05) is 37.3 Å². The van der Waals surface area contributed by atoms with Crippen molar-refractivity contribution in [2.24, 2.45) is 0 Å². The van der Waals surface area contributed by atoms with Crippen molar-refractivity contribution < 1.29 is 18.7 Å². The van der Waals surface area contributed by atoms with Crippen molar-refractivity contribution in [3.63, 3.8) is 0 Å². The molecule has 178 valence electrons. The first-order valence-electron chi connectivity index (χ1n) is 11.2. The van der Waals surface area contributed by atoms with Crippen LogP contribution in [0.4, 0.5) is 9.39 Å². The third kappa shape index (κ3) is 4.73. The predicted octanol–water partition coefficient (Wildman–Crippen LogP) is 4.77. The van der Waals surface area contributed by atoms with Gasteiger partial charge in [0.1, 0.15) is 10.8 Å². The minimum atomic E-state index is -0.428. The SMILES string of the molecule is Cc1c(-c2ccccc2)sc(NC(=O)c2ccn(-c3ccc(F)cc3)n2)c1C(=O)N1CCOCC1. The fourth-order valence-electron chi connectivity index (χ4n) is 4.00. The van der Waals surface area contributed by atoms with Crippen molar-refractivity contribution in [1.29, 1.82) is 0 Å². The number of nitrogens with one attached hydrogen (secondary N) is 1. The third-order valence-corrected chi connectivity index (χ3v) is 7.09. The van der Waals surface area contributed by atoms with E-state index in [9.17, 15) is 14.0 Å². The molecular formula is C26H23FN4O3S. The fraction of sp³-hybridized carbons (Fsp3) is 0.192. The highest BCUT2D eigenvalue weighted by atomic mass is 32.1. The van der Waals surface area contributed by atoms with Crippen LogP contribution in [0.25, 0.3) is 16.1 Å². The van der Waals surface area contributed by atoms with Gasteiger partial charge in [-0.1, -0.05) is 30.3 Å². The number of ether oxygens (including phenoxy) is 1. The van der Waals surface area contributed by atoms with Gasteiger partial charge < -0.3 is 15.0 Å². The molecule has 1 fully saturated rings. The van der Waals surface area contributed by atoms with Gasteiger partial charge in [-0.2, -0.15) is 5.10 Å². The van der Waals surface area contributed by atoms with E-state index < -0.39 is 5.91 Å². The number of halogens is 1. The highest BCUT2D eigenvalue weighted by molar-refractivity contribution is 7.20. The zero-order valence-electron chi connectivity index (χ0n) is 19.0. The lowest BCUT2D eigenvalue weighted by atomic mass is 10.1. The van der Waals surface area contributed by atoms with Crippen molar-refractivity contribution in [2.45, 2.75) is 6.92 Å². The Kier molecular flexibility index (Phi) is 6.43. The maximum Gasteiger partial charge on any atom is 0.276 e. The first-order chi connectivity index (χ1) is 17.0. The van der Waals surface area contributed by atoms with Gasteiger partial charge in [-0.25, -0.2) is 9.07 Å². The lowest BCUT2D eigenvalue weighted by molar-refractivity contribution is 0.0303. The normalized spacial score (nSPS) is 13.6. The maximum absolute atomic E-state index is 13.5. The first kappa shape index (κ1) is 22.9. The monoisotopic (exact) mass is 490 g/mol. The minimum absolute atomic E-state index is 0.128. The summed E-state index contributed by atoms with van der Waals surface area (Å²) in [6, 6.07) is 17.2. The summed E-state index contributed by atoms with van der Waals surface area (Å²) < 4.78 is 20.1. The van der Waals surface area contributed by atoms with E-state index in [0.29, 0.717) is 42.6 Å². The fourth-order valence-corrected chi connectivity index (χ4v) is 5.20. The molecule has 7 nitrogen and oxygen atoms in total. The van der Waals surface area contributed by atoms with Crippen molar-refractivity contribution >= 4 is 28.2 Å². The van der Waals surface area contributed by atoms with Gasteiger partial charge in [0.15, 0.2) is 5.69 Å². The number of rotatable bonds is 5. The van der Waals surface area contributed by atoms with Crippen LogP contribution in [-0.2, 0) is 4.74 Å². The molecule has 0 spiro atoms. The van der Waals surface area contributed by atoms with Crippen LogP contribution < -0.4 is 5.32 Å². The van der Waals surface area contributed by atoms with Gasteiger partial charge in [-0.05, 0) is 48.4 Å². The van der Waals surface area contributed by atoms with Crippen LogP contribution in [0.1, 0.15) is 26.4 Å². The van der Waals surface area contributed by atoms with Gasteiger partial charge >= 0.3 is 0 Å². The number of morpholine rings is 1. The van der Waals surface area contributed by atoms with Gasteiger partial charge in [-0.15, -0.1) is 11.3 Å². The van der Waals surface area contributed by atoms with Crippen LogP contribution in [0.15, 0.2) is 66.9 Å². The zero-order chi connectivity index (χ0) is 24.4. The van der Waals surface area contributed by atoms with Crippen molar-refractivity contribution in [3.05, 3.63) is 89.5 Å². The second-order valence-corrected chi connectivity index (χ2v) is 9.13. The molecule has 1 N–H and O–H groups in total. The molecule has 3 heterocycles. The van der Waals surface area contributed by atoms with Gasteiger partial charge in [0.2, 0.25) is 0 Å². The van der Waals surface area contributed by atoms with Gasteiger partial charge in [-0.3, -0.25) is 9.59 Å². The quantitative estimate of drug-likeness (QED) is 0.437. The van der Waals surface area contributed by atoms with Crippen LogP contribution in [0.2, 0.25) is 0 Å². The van der Waals surface area contributed by atoms with E-state index in [1.165, 1.54) is 28.2 Å². The lowest BCUT2D eigenvalue weighted by Crippen LogP contribution is -2.41. The minimum Gasteiger partial charge on any atom is -0.378 e. The van der Waals surface area contributed by atoms with Crippen molar-refractivity contribution in [1.82, 2.24) is 14.7 Å². The number of benzene rings is 2. The van der Waals surface area contributed by atoms with E-state index in [-0.39, 0.29) is 17.4 Å². The summed E-state index contributed by atoms with van der Waals surface area (Å²) in [5.41, 5.74) is 3.11. The highest BCUT2D eigenvalue weighted by Gasteiger charge is 2.28. The average Bonchev–Trinajstić information content (AvgIpc) is 3.50. The summed E-state index contributed by atoms with van der Waals surface area (Å²) in [6.07, 6.45) is 1.64. The number of carbonyl (C=O) groups excluding carboxylic acids is 2. The van der Waals surface area contributed by atoms with Crippen LogP contribution in [-0.4, -0.2) is 52.8 Å². The molecular weight excluding hydrogens is 467 g/mol. The topological polar surface area (TPSA) is 76.5 Å². The van der Waals surface area contributed by atoms with E-state index in [4.69, 9.17) is 4.74 Å². The number of aromatic nitrogens is 2. The molecule has 2 aromatic carbocycles. The number of nitrogens with zero attached hydrogens (tertiary/aromatic N) is 3. The maximum atomic E-state index is 13.5. The Balaban J connectivity index is 1.47. The molecule has 1 aliphatic rings. The molecule has 5 rings (SSSR count). The molecule has 1 saturated heterocycles. The number of anilines is 1. The molecule has 0 aliphatic carbocycles. The van der Waals surface area contributed by atoms with E-state index in [0.717, 1.165) is 16.0 Å². The zero-order valence-corrected chi connectivity index (χ0v) is 19.8. The summed E-state index contributed by atoms with van der Waals surface area (Å²) in [7, 11) is 0. The van der Waals surface area contributed by atoms with E-state index in [2.05, 4.69) is 10.4 Å². The number of hydrogen-bond acceptors (Lipinski definition) is 5. The average molecular weight is 491 g/mol. The van der Waals surface area contributed by atoms with E-state index in [1.54, 1.807) is 29.3 Å². The molecule has 2 amide bonds. The summed E-state index contributed by atoms with van der Waals surface area (Å²) in [5.74, 6) is -0.905. The van der Waals surface area contributed by atoms with Gasteiger partial charge in [0.05, 0.1) is 24.5 Å². The van der Waals surface area contributed by atoms with Crippen LogP contribution in [0.5, 0.6) is 0 Å². The van der Waals surface area contributed by atoms with Crippen LogP contribution >= 0.6 is 11.3 Å². The Labute approximate surface area is 205 Å². The second kappa shape index (κ2) is 9.81. The number of thiophene rings is 1. The summed E-state index contributed by atoms with van der Waals surface area (Å²) in [6.45, 7) is 3.89. The smallest absolute Gasteiger partial charge is 0.276 e. The lowest BCUT2D eigenvalue weighted by Gasteiger charge is -2.27. The van der Waals surface area contributed by atoms with Gasteiger partial charge in [0, 0.05) is 24.2 Å². The Hall–Kier alpha value is -3.82. The standard InChI is InChI=1S/C26H23FN4O3S/c1-17-22(26(33)30-13-15-34-16-14-30)25(35-23(17)18-5-3-2-4-6-18)28-24(32)21-11-12-31(29-21)20-9-7-19(27)8-10-20/h2-12H,13-16H2,1H3,(H,28,32). The van der Waals surface area contributed by atoms with Crippen molar-refractivity contribution in [3.8, 4) is 16.1 Å². The Morgan fingerprint density at radius 3 is 2.46 bits per heavy atom. The third-order valence-electron chi connectivity index (χ3n) is 5.83. The molecule has 4 aromatic rings. The van der Waals surface area contributed by atoms with Crippen LogP contribution in [0.3, 0.4) is 0 Å². The molecule has 35 heavy (non-hydrogen) atoms. The Morgan fingerprint density at radius 1 is 1.03 bits per heavy atom. The summed E-state index contributed by atoms with van der Waals surface area (Å²) in [5, 5.41) is 7.74. The number of carbonyl (C=O) groups is 2. The molecule has 0 unspecified atom stereocenters. The molecule has 0 bridgehead atoms. The molecule has 0 atom stereocenters. The summed E-state index contributed by atoms with van der Waals surface area (Å²) in [4.78, 5) is 29.3. The highest BCUT2D eigenvalue weighted by Crippen LogP contribution is 2.40. The molecule has 2 aromatic heterocycles. The van der Waals surface area contributed by atoms with Gasteiger partial charge in [0.25, 0.3) is 11.8 Å². The van der Waals surface area contributed by atoms with Crippen LogP contribution in [0, 0.1) is 12.7 Å². The first-order valence-corrected chi connectivity index (χ1v) is 12.0. The summed E-state index contributed by atoms with van der Waals surface area (Å²) >= 11 is 1.37. The molecule has 1 aliphatic heterocycles.